The summed E-state index contributed by atoms with van der Waals surface area (Å²) < 4.78 is 7.98. The third-order valence-electron chi connectivity index (χ3n) is 6.09. The normalized spacial score (nSPS) is 12.7. The van der Waals surface area contributed by atoms with Gasteiger partial charge in [-0.3, -0.25) is 10.3 Å². The Labute approximate surface area is 205 Å². The number of aliphatic carboxylic acids is 1. The van der Waals surface area contributed by atoms with Crippen LogP contribution in [0.1, 0.15) is 37.8 Å². The van der Waals surface area contributed by atoms with Gasteiger partial charge in [0.2, 0.25) is 0 Å². The standard InChI is InChI=1S/C29H32N2O4/c1-4-10-24(21-15-16-28(20(3)19-21)35-27(5-2)29(32)33)30-34-18-17-31-25-13-8-6-11-22(25)23-12-7-9-14-26(23)31/h6-16,19,27,30H,4-5,17-18H2,1-3H3,(H,32,33). The predicted octanol–water partition coefficient (Wildman–Crippen LogP) is 6.32. The molecule has 1 heterocycles. The number of carboxylic acid groups (broad SMARTS) is 1. The first-order chi connectivity index (χ1) is 17.0. The van der Waals surface area contributed by atoms with Gasteiger partial charge >= 0.3 is 5.97 Å². The van der Waals surface area contributed by atoms with Crippen molar-refractivity contribution in [3.8, 4) is 5.75 Å². The highest BCUT2D eigenvalue weighted by Crippen LogP contribution is 2.28. The van der Waals surface area contributed by atoms with E-state index in [1.165, 1.54) is 21.8 Å². The smallest absolute Gasteiger partial charge is 0.344 e. The van der Waals surface area contributed by atoms with E-state index in [4.69, 9.17) is 9.57 Å². The molecule has 35 heavy (non-hydrogen) atoms. The van der Waals surface area contributed by atoms with E-state index in [0.717, 1.165) is 23.2 Å². The highest BCUT2D eigenvalue weighted by Gasteiger charge is 2.18. The molecule has 1 atom stereocenters. The number of carboxylic acids is 1. The number of aryl methyl sites for hydroxylation is 1. The molecule has 1 unspecified atom stereocenters. The Morgan fingerprint density at radius 1 is 1.03 bits per heavy atom. The fourth-order valence-electron chi connectivity index (χ4n) is 4.34. The van der Waals surface area contributed by atoms with E-state index in [-0.39, 0.29) is 0 Å². The molecule has 2 N–H and O–H groups in total. The molecule has 0 aliphatic carbocycles. The van der Waals surface area contributed by atoms with Crippen molar-refractivity contribution in [2.24, 2.45) is 0 Å². The van der Waals surface area contributed by atoms with Crippen LogP contribution in [0.15, 0.2) is 72.8 Å². The first kappa shape index (κ1) is 24.4. The van der Waals surface area contributed by atoms with E-state index in [2.05, 4.69) is 71.6 Å². The van der Waals surface area contributed by atoms with Gasteiger partial charge in [-0.15, -0.1) is 0 Å². The molecule has 0 saturated carbocycles. The van der Waals surface area contributed by atoms with E-state index in [0.29, 0.717) is 25.3 Å². The highest BCUT2D eigenvalue weighted by atomic mass is 16.6. The Bertz CT molecular complexity index is 1300. The third kappa shape index (κ3) is 5.33. The van der Waals surface area contributed by atoms with E-state index >= 15 is 0 Å². The molecule has 0 radical (unpaired) electrons. The molecule has 0 aliphatic heterocycles. The SMILES string of the molecule is CCC=C(NOCCn1c2ccccc2c2ccccc21)c1ccc(OC(CC)C(=O)O)c(C)c1. The molecule has 0 fully saturated rings. The number of hydroxylamine groups is 1. The maximum atomic E-state index is 11.3. The Morgan fingerprint density at radius 3 is 2.26 bits per heavy atom. The molecule has 4 rings (SSSR count). The van der Waals surface area contributed by atoms with E-state index < -0.39 is 12.1 Å². The molecule has 3 aromatic carbocycles. The summed E-state index contributed by atoms with van der Waals surface area (Å²) in [5.74, 6) is -0.382. The number of hydrogen-bond donors (Lipinski definition) is 2. The Morgan fingerprint density at radius 2 is 1.69 bits per heavy atom. The largest absolute Gasteiger partial charge is 0.479 e. The summed E-state index contributed by atoms with van der Waals surface area (Å²) in [6.45, 7) is 6.98. The fourth-order valence-corrected chi connectivity index (χ4v) is 4.34. The zero-order valence-corrected chi connectivity index (χ0v) is 20.5. The average molecular weight is 473 g/mol. The van der Waals surface area contributed by atoms with Gasteiger partial charge in [0.25, 0.3) is 0 Å². The van der Waals surface area contributed by atoms with Crippen LogP contribution in [0.5, 0.6) is 5.75 Å². The zero-order valence-electron chi connectivity index (χ0n) is 20.5. The minimum atomic E-state index is -0.958. The molecule has 4 aromatic rings. The topological polar surface area (TPSA) is 72.7 Å². The first-order valence-electron chi connectivity index (χ1n) is 12.1. The van der Waals surface area contributed by atoms with Gasteiger partial charge in [0.15, 0.2) is 6.10 Å². The summed E-state index contributed by atoms with van der Waals surface area (Å²) in [6.07, 6.45) is 2.46. The monoisotopic (exact) mass is 472 g/mol. The van der Waals surface area contributed by atoms with Crippen molar-refractivity contribution in [2.75, 3.05) is 6.61 Å². The van der Waals surface area contributed by atoms with Crippen molar-refractivity contribution in [1.29, 1.82) is 0 Å². The summed E-state index contributed by atoms with van der Waals surface area (Å²) in [6, 6.07) is 22.6. The van der Waals surface area contributed by atoms with E-state index in [1.807, 2.05) is 25.1 Å². The lowest BCUT2D eigenvalue weighted by molar-refractivity contribution is -0.145. The molecular formula is C29H32N2O4. The molecule has 6 heteroatoms. The molecule has 6 nitrogen and oxygen atoms in total. The molecule has 0 amide bonds. The summed E-state index contributed by atoms with van der Waals surface area (Å²) in [5, 5.41) is 11.8. The maximum absolute atomic E-state index is 11.3. The highest BCUT2D eigenvalue weighted by molar-refractivity contribution is 6.07. The summed E-state index contributed by atoms with van der Waals surface area (Å²) in [5.41, 5.74) is 8.21. The van der Waals surface area contributed by atoms with Crippen molar-refractivity contribution >= 4 is 33.5 Å². The third-order valence-corrected chi connectivity index (χ3v) is 6.09. The number of rotatable bonds is 11. The number of ether oxygens (including phenoxy) is 1. The molecule has 1 aromatic heterocycles. The van der Waals surface area contributed by atoms with Gasteiger partial charge in [0.05, 0.1) is 12.3 Å². The number of para-hydroxylation sites is 2. The van der Waals surface area contributed by atoms with E-state index in [1.54, 1.807) is 6.92 Å². The predicted molar refractivity (Wildman–Crippen MR) is 140 cm³/mol. The van der Waals surface area contributed by atoms with Crippen molar-refractivity contribution in [3.63, 3.8) is 0 Å². The number of fused-ring (bicyclic) bond motifs is 3. The lowest BCUT2D eigenvalue weighted by Gasteiger charge is -2.17. The summed E-state index contributed by atoms with van der Waals surface area (Å²) in [4.78, 5) is 17.2. The van der Waals surface area contributed by atoms with Gasteiger partial charge in [-0.1, -0.05) is 56.3 Å². The van der Waals surface area contributed by atoms with Crippen molar-refractivity contribution < 1.29 is 19.5 Å². The number of carbonyl (C=O) groups is 1. The molecule has 182 valence electrons. The van der Waals surface area contributed by atoms with Crippen LogP contribution in [0.2, 0.25) is 0 Å². The van der Waals surface area contributed by atoms with Gasteiger partial charge < -0.3 is 14.4 Å². The second-order valence-electron chi connectivity index (χ2n) is 8.50. The van der Waals surface area contributed by atoms with Crippen molar-refractivity contribution in [1.82, 2.24) is 10.0 Å². The van der Waals surface area contributed by atoms with Gasteiger partial charge in [0, 0.05) is 33.9 Å². The minimum absolute atomic E-state index is 0.402. The average Bonchev–Trinajstić information content (AvgIpc) is 3.18. The Balaban J connectivity index is 1.45. The van der Waals surface area contributed by atoms with Crippen LogP contribution in [0, 0.1) is 6.92 Å². The molecular weight excluding hydrogens is 440 g/mol. The number of nitrogens with one attached hydrogen (secondary N) is 1. The lowest BCUT2D eigenvalue weighted by Crippen LogP contribution is -2.26. The molecule has 0 bridgehead atoms. The van der Waals surface area contributed by atoms with Crippen LogP contribution in [-0.2, 0) is 16.2 Å². The maximum Gasteiger partial charge on any atom is 0.344 e. The number of benzene rings is 3. The van der Waals surface area contributed by atoms with Crippen LogP contribution in [0.3, 0.4) is 0 Å². The fraction of sp³-hybridized carbons (Fsp3) is 0.276. The van der Waals surface area contributed by atoms with Gasteiger partial charge in [-0.2, -0.15) is 0 Å². The lowest BCUT2D eigenvalue weighted by atomic mass is 10.1. The van der Waals surface area contributed by atoms with Gasteiger partial charge in [0.1, 0.15) is 5.75 Å². The van der Waals surface area contributed by atoms with Crippen LogP contribution < -0.4 is 10.2 Å². The second-order valence-corrected chi connectivity index (χ2v) is 8.50. The Kier molecular flexibility index (Phi) is 7.73. The van der Waals surface area contributed by atoms with Gasteiger partial charge in [-0.25, -0.2) is 4.79 Å². The van der Waals surface area contributed by atoms with E-state index in [9.17, 15) is 9.90 Å². The number of hydrogen-bond acceptors (Lipinski definition) is 4. The number of allylic oxidation sites excluding steroid dienone is 1. The minimum Gasteiger partial charge on any atom is -0.479 e. The van der Waals surface area contributed by atoms with Gasteiger partial charge in [-0.05, 0) is 55.7 Å². The summed E-state index contributed by atoms with van der Waals surface area (Å²) >= 11 is 0. The Hall–Kier alpha value is -3.77. The molecule has 0 aliphatic rings. The van der Waals surface area contributed by atoms with Crippen molar-refractivity contribution in [3.05, 3.63) is 83.9 Å². The number of nitrogens with zero attached hydrogens (tertiary/aromatic N) is 1. The van der Waals surface area contributed by atoms with Crippen LogP contribution >= 0.6 is 0 Å². The quantitative estimate of drug-likeness (QED) is 0.197. The van der Waals surface area contributed by atoms with Crippen LogP contribution in [0.4, 0.5) is 0 Å². The molecule has 0 spiro atoms. The van der Waals surface area contributed by atoms with Crippen molar-refractivity contribution in [2.45, 2.75) is 46.3 Å². The van der Waals surface area contributed by atoms with Crippen LogP contribution in [0.25, 0.3) is 27.5 Å². The molecule has 0 saturated heterocycles. The number of aromatic nitrogens is 1. The summed E-state index contributed by atoms with van der Waals surface area (Å²) in [7, 11) is 0. The first-order valence-corrected chi connectivity index (χ1v) is 12.1. The zero-order chi connectivity index (χ0) is 24.8. The second kappa shape index (κ2) is 11.1. The van der Waals surface area contributed by atoms with Crippen LogP contribution in [-0.4, -0.2) is 28.4 Å².